The van der Waals surface area contributed by atoms with Crippen molar-refractivity contribution in [2.45, 2.75) is 26.1 Å². The second-order valence-electron chi connectivity index (χ2n) is 4.23. The van der Waals surface area contributed by atoms with Gasteiger partial charge in [-0.05, 0) is 55.7 Å². The Morgan fingerprint density at radius 3 is 2.35 bits per heavy atom. The summed E-state index contributed by atoms with van der Waals surface area (Å²) in [6.45, 7) is 6.29. The molecule has 3 heteroatoms. The molecule has 1 aromatic heterocycles. The predicted molar refractivity (Wildman–Crippen MR) is 77.7 cm³/mol. The summed E-state index contributed by atoms with van der Waals surface area (Å²) in [5, 5.41) is 0.625. The Kier molecular flexibility index (Phi) is 3.82. The minimum absolute atomic E-state index is 0.112. The van der Waals surface area contributed by atoms with Gasteiger partial charge in [-0.15, -0.1) is 22.9 Å². The van der Waals surface area contributed by atoms with E-state index in [1.54, 1.807) is 11.3 Å². The number of aryl methyl sites for hydroxylation is 3. The van der Waals surface area contributed by atoms with E-state index in [-0.39, 0.29) is 5.38 Å². The van der Waals surface area contributed by atoms with Crippen LogP contribution < -0.4 is 0 Å². The average Bonchev–Trinajstić information content (AvgIpc) is 2.60. The van der Waals surface area contributed by atoms with Crippen LogP contribution >= 0.6 is 34.5 Å². The Balaban J connectivity index is 2.46. The lowest BCUT2D eigenvalue weighted by atomic mass is 10.0. The molecule has 0 nitrogen and oxygen atoms in total. The highest BCUT2D eigenvalue weighted by molar-refractivity contribution is 7.12. The molecule has 0 aliphatic rings. The van der Waals surface area contributed by atoms with Crippen molar-refractivity contribution in [2.75, 3.05) is 0 Å². The number of alkyl halides is 1. The van der Waals surface area contributed by atoms with Gasteiger partial charge in [0.15, 0.2) is 0 Å². The van der Waals surface area contributed by atoms with Gasteiger partial charge in [0.25, 0.3) is 0 Å². The van der Waals surface area contributed by atoms with Gasteiger partial charge in [0, 0.05) is 14.8 Å². The molecule has 17 heavy (non-hydrogen) atoms. The molecule has 1 unspecified atom stereocenters. The summed E-state index contributed by atoms with van der Waals surface area (Å²) in [6, 6.07) is 8.04. The summed E-state index contributed by atoms with van der Waals surface area (Å²) in [5.74, 6) is 0. The first-order valence-corrected chi connectivity index (χ1v) is 7.09. The molecule has 90 valence electrons. The van der Waals surface area contributed by atoms with Crippen molar-refractivity contribution in [2.24, 2.45) is 0 Å². The summed E-state index contributed by atoms with van der Waals surface area (Å²) in [5.41, 5.74) is 3.47. The van der Waals surface area contributed by atoms with Crippen molar-refractivity contribution in [1.82, 2.24) is 0 Å². The number of hydrogen-bond acceptors (Lipinski definition) is 1. The lowest BCUT2D eigenvalue weighted by Crippen LogP contribution is -1.96. The Bertz CT molecular complexity index is 543. The van der Waals surface area contributed by atoms with Crippen LogP contribution in [0.3, 0.4) is 0 Å². The Morgan fingerprint density at radius 2 is 1.76 bits per heavy atom. The largest absolute Gasteiger partial charge is 0.146 e. The number of thiophene rings is 1. The highest BCUT2D eigenvalue weighted by Crippen LogP contribution is 2.37. The van der Waals surface area contributed by atoms with Gasteiger partial charge in [0.1, 0.15) is 0 Å². The van der Waals surface area contributed by atoms with Gasteiger partial charge in [-0.1, -0.05) is 17.7 Å². The van der Waals surface area contributed by atoms with E-state index in [1.165, 1.54) is 20.9 Å². The lowest BCUT2D eigenvalue weighted by molar-refractivity contribution is 1.10. The van der Waals surface area contributed by atoms with Crippen molar-refractivity contribution in [1.29, 1.82) is 0 Å². The fourth-order valence-electron chi connectivity index (χ4n) is 1.95. The van der Waals surface area contributed by atoms with Gasteiger partial charge in [-0.3, -0.25) is 0 Å². The first-order valence-electron chi connectivity index (χ1n) is 5.46. The molecule has 0 radical (unpaired) electrons. The van der Waals surface area contributed by atoms with Crippen molar-refractivity contribution in [3.63, 3.8) is 0 Å². The second-order valence-corrected chi connectivity index (χ2v) is 6.57. The third kappa shape index (κ3) is 2.67. The maximum Gasteiger partial charge on any atom is 0.0849 e. The molecule has 0 N–H and O–H groups in total. The highest BCUT2D eigenvalue weighted by Gasteiger charge is 2.17. The molecule has 0 saturated carbocycles. The van der Waals surface area contributed by atoms with Crippen molar-refractivity contribution >= 4 is 34.5 Å². The Morgan fingerprint density at radius 1 is 1.06 bits per heavy atom. The topological polar surface area (TPSA) is 0 Å². The average molecular weight is 285 g/mol. The minimum Gasteiger partial charge on any atom is -0.146 e. The molecule has 0 saturated heterocycles. The van der Waals surface area contributed by atoms with Crippen molar-refractivity contribution in [3.05, 3.63) is 55.7 Å². The molecule has 0 bridgehead atoms. The van der Waals surface area contributed by atoms with E-state index in [2.05, 4.69) is 26.8 Å². The van der Waals surface area contributed by atoms with Crippen LogP contribution in [0.25, 0.3) is 0 Å². The quantitative estimate of drug-likeness (QED) is 0.625. The van der Waals surface area contributed by atoms with Crippen LogP contribution in [0.4, 0.5) is 0 Å². The normalized spacial score (nSPS) is 12.8. The van der Waals surface area contributed by atoms with E-state index in [9.17, 15) is 0 Å². The van der Waals surface area contributed by atoms with Crippen molar-refractivity contribution in [3.8, 4) is 0 Å². The van der Waals surface area contributed by atoms with Crippen LogP contribution in [-0.4, -0.2) is 0 Å². The Labute approximate surface area is 116 Å². The molecule has 1 atom stereocenters. The van der Waals surface area contributed by atoms with E-state index in [0.717, 1.165) is 10.6 Å². The summed E-state index contributed by atoms with van der Waals surface area (Å²) in [7, 11) is 0. The zero-order chi connectivity index (χ0) is 12.6. The molecular weight excluding hydrogens is 271 g/mol. The first kappa shape index (κ1) is 12.9. The maximum absolute atomic E-state index is 6.58. The lowest BCUT2D eigenvalue weighted by Gasteiger charge is -2.13. The molecule has 0 aliphatic carbocycles. The van der Waals surface area contributed by atoms with Crippen LogP contribution in [-0.2, 0) is 0 Å². The van der Waals surface area contributed by atoms with E-state index >= 15 is 0 Å². The molecule has 2 rings (SSSR count). The van der Waals surface area contributed by atoms with Crippen LogP contribution in [0.15, 0.2) is 24.3 Å². The first-order chi connectivity index (χ1) is 7.99. The van der Waals surface area contributed by atoms with Gasteiger partial charge in [0.2, 0.25) is 0 Å². The Hall–Kier alpha value is -0.500. The molecule has 1 aromatic carbocycles. The summed E-state index contributed by atoms with van der Waals surface area (Å²) in [4.78, 5) is 2.57. The molecular formula is C14H14Cl2S. The number of hydrogen-bond donors (Lipinski definition) is 0. The summed E-state index contributed by atoms with van der Waals surface area (Å²) >= 11 is 14.4. The minimum atomic E-state index is -0.112. The van der Waals surface area contributed by atoms with Crippen LogP contribution in [0.2, 0.25) is 5.02 Å². The molecule has 0 amide bonds. The molecule has 0 spiro atoms. The zero-order valence-corrected chi connectivity index (χ0v) is 12.4. The molecule has 0 aliphatic heterocycles. The molecule has 2 aromatic rings. The summed E-state index contributed by atoms with van der Waals surface area (Å²) in [6.07, 6.45) is 0. The standard InChI is InChI=1S/C14H14Cl2S/c1-8-4-5-11(15)7-12(8)14(16)13-6-9(2)17-10(13)3/h4-7,14H,1-3H3. The number of rotatable bonds is 2. The van der Waals surface area contributed by atoms with Gasteiger partial charge in [-0.25, -0.2) is 0 Å². The fourth-order valence-corrected chi connectivity index (χ4v) is 3.62. The summed E-state index contributed by atoms with van der Waals surface area (Å²) < 4.78 is 0. The van der Waals surface area contributed by atoms with Gasteiger partial charge in [0.05, 0.1) is 5.38 Å². The second kappa shape index (κ2) is 5.01. The van der Waals surface area contributed by atoms with Gasteiger partial charge in [-0.2, -0.15) is 0 Å². The zero-order valence-electron chi connectivity index (χ0n) is 10.1. The van der Waals surface area contributed by atoms with E-state index in [0.29, 0.717) is 0 Å². The molecule has 0 fully saturated rings. The SMILES string of the molecule is Cc1cc(C(Cl)c2cc(Cl)ccc2C)c(C)s1. The van der Waals surface area contributed by atoms with E-state index < -0.39 is 0 Å². The number of benzene rings is 1. The van der Waals surface area contributed by atoms with Gasteiger partial charge < -0.3 is 0 Å². The fraction of sp³-hybridized carbons (Fsp3) is 0.286. The monoisotopic (exact) mass is 284 g/mol. The van der Waals surface area contributed by atoms with Crippen LogP contribution in [0.5, 0.6) is 0 Å². The maximum atomic E-state index is 6.58. The predicted octanol–water partition coefficient (Wildman–Crippen LogP) is 5.65. The van der Waals surface area contributed by atoms with E-state index in [1.807, 2.05) is 18.2 Å². The highest BCUT2D eigenvalue weighted by atomic mass is 35.5. The van der Waals surface area contributed by atoms with Crippen LogP contribution in [0.1, 0.15) is 31.8 Å². The third-order valence-corrected chi connectivity index (χ3v) is 4.55. The molecule has 1 heterocycles. The smallest absolute Gasteiger partial charge is 0.0849 e. The van der Waals surface area contributed by atoms with Crippen LogP contribution in [0, 0.1) is 20.8 Å². The third-order valence-electron chi connectivity index (χ3n) is 2.87. The van der Waals surface area contributed by atoms with E-state index in [4.69, 9.17) is 23.2 Å². The number of halogens is 2. The van der Waals surface area contributed by atoms with Crippen molar-refractivity contribution < 1.29 is 0 Å². The van der Waals surface area contributed by atoms with Gasteiger partial charge >= 0.3 is 0 Å².